The summed E-state index contributed by atoms with van der Waals surface area (Å²) < 4.78 is 10.8. The molecule has 3 rings (SSSR count). The minimum Gasteiger partial charge on any atom is -0.497 e. The summed E-state index contributed by atoms with van der Waals surface area (Å²) >= 11 is 0. The molecule has 24 heavy (non-hydrogen) atoms. The molecule has 0 saturated carbocycles. The predicted molar refractivity (Wildman–Crippen MR) is 93.5 cm³/mol. The van der Waals surface area contributed by atoms with E-state index in [2.05, 4.69) is 15.3 Å². The molecule has 0 aliphatic heterocycles. The molecule has 6 heteroatoms. The molecule has 0 radical (unpaired) electrons. The van der Waals surface area contributed by atoms with Crippen LogP contribution in [-0.4, -0.2) is 30.2 Å². The van der Waals surface area contributed by atoms with Gasteiger partial charge in [-0.3, -0.25) is 9.78 Å². The van der Waals surface area contributed by atoms with Crippen LogP contribution in [-0.2, 0) is 11.3 Å². The van der Waals surface area contributed by atoms with E-state index >= 15 is 0 Å². The van der Waals surface area contributed by atoms with E-state index in [0.29, 0.717) is 36.6 Å². The zero-order chi connectivity index (χ0) is 16.8. The van der Waals surface area contributed by atoms with Gasteiger partial charge in [0.1, 0.15) is 5.75 Å². The SMILES string of the molecule is COc1cccc(COCCNc2nc3ccccc3c(=O)[nH]2)c1. The Morgan fingerprint density at radius 1 is 1.17 bits per heavy atom. The van der Waals surface area contributed by atoms with Gasteiger partial charge < -0.3 is 14.8 Å². The topological polar surface area (TPSA) is 76.2 Å². The Labute approximate surface area is 139 Å². The fourth-order valence-corrected chi connectivity index (χ4v) is 2.36. The summed E-state index contributed by atoms with van der Waals surface area (Å²) in [5.74, 6) is 1.26. The average Bonchev–Trinajstić information content (AvgIpc) is 2.62. The Bertz CT molecular complexity index is 877. The van der Waals surface area contributed by atoms with Crippen LogP contribution in [0.2, 0.25) is 0 Å². The maximum absolute atomic E-state index is 12.0. The number of hydrogen-bond donors (Lipinski definition) is 2. The molecule has 1 heterocycles. The van der Waals surface area contributed by atoms with Crippen molar-refractivity contribution < 1.29 is 9.47 Å². The normalized spacial score (nSPS) is 10.7. The summed E-state index contributed by atoms with van der Waals surface area (Å²) in [7, 11) is 1.64. The van der Waals surface area contributed by atoms with Crippen LogP contribution in [0.4, 0.5) is 5.95 Å². The number of anilines is 1. The minimum absolute atomic E-state index is 0.152. The summed E-state index contributed by atoms with van der Waals surface area (Å²) in [6.07, 6.45) is 0. The third-order valence-corrected chi connectivity index (χ3v) is 3.55. The second-order valence-electron chi connectivity index (χ2n) is 5.26. The second kappa shape index (κ2) is 7.61. The average molecular weight is 325 g/mol. The Hall–Kier alpha value is -2.86. The highest BCUT2D eigenvalue weighted by atomic mass is 16.5. The molecule has 0 spiro atoms. The number of rotatable bonds is 7. The van der Waals surface area contributed by atoms with Gasteiger partial charge in [0.2, 0.25) is 5.95 Å². The first-order chi connectivity index (χ1) is 11.8. The van der Waals surface area contributed by atoms with Crippen molar-refractivity contribution >= 4 is 16.9 Å². The molecule has 0 amide bonds. The van der Waals surface area contributed by atoms with Gasteiger partial charge in [-0.25, -0.2) is 4.98 Å². The first-order valence-electron chi connectivity index (χ1n) is 7.70. The summed E-state index contributed by atoms with van der Waals surface area (Å²) in [5.41, 5.74) is 1.56. The van der Waals surface area contributed by atoms with E-state index in [4.69, 9.17) is 9.47 Å². The van der Waals surface area contributed by atoms with Gasteiger partial charge in [0.15, 0.2) is 0 Å². The summed E-state index contributed by atoms with van der Waals surface area (Å²) in [6.45, 7) is 1.54. The first-order valence-corrected chi connectivity index (χ1v) is 7.70. The number of aromatic amines is 1. The monoisotopic (exact) mass is 325 g/mol. The molecular formula is C18H19N3O3. The fraction of sp³-hybridized carbons (Fsp3) is 0.222. The smallest absolute Gasteiger partial charge is 0.260 e. The molecule has 0 bridgehead atoms. The highest BCUT2D eigenvalue weighted by Crippen LogP contribution is 2.13. The lowest BCUT2D eigenvalue weighted by Crippen LogP contribution is -2.16. The van der Waals surface area contributed by atoms with Gasteiger partial charge in [-0.15, -0.1) is 0 Å². The molecule has 2 aromatic carbocycles. The maximum Gasteiger partial charge on any atom is 0.260 e. The zero-order valence-electron chi connectivity index (χ0n) is 13.4. The van der Waals surface area contributed by atoms with Crippen molar-refractivity contribution in [2.45, 2.75) is 6.61 Å². The van der Waals surface area contributed by atoms with Gasteiger partial charge in [0.05, 0.1) is 31.2 Å². The number of methoxy groups -OCH3 is 1. The molecule has 0 aliphatic rings. The number of ether oxygens (including phenoxy) is 2. The molecule has 0 atom stereocenters. The molecule has 0 fully saturated rings. The van der Waals surface area contributed by atoms with Crippen molar-refractivity contribution in [1.82, 2.24) is 9.97 Å². The van der Waals surface area contributed by atoms with Crippen LogP contribution in [0.25, 0.3) is 10.9 Å². The standard InChI is InChI=1S/C18H19N3O3/c1-23-14-6-4-5-13(11-14)12-24-10-9-19-18-20-16-8-3-2-7-15(16)17(22)21-18/h2-8,11H,9-10,12H2,1H3,(H2,19,20,21,22). The van der Waals surface area contributed by atoms with Gasteiger partial charge in [-0.05, 0) is 29.8 Å². The third-order valence-electron chi connectivity index (χ3n) is 3.55. The van der Waals surface area contributed by atoms with Gasteiger partial charge in [0.25, 0.3) is 5.56 Å². The maximum atomic E-state index is 12.0. The molecule has 0 aliphatic carbocycles. The lowest BCUT2D eigenvalue weighted by atomic mass is 10.2. The van der Waals surface area contributed by atoms with E-state index in [9.17, 15) is 4.79 Å². The van der Waals surface area contributed by atoms with Crippen molar-refractivity contribution in [3.05, 3.63) is 64.4 Å². The van der Waals surface area contributed by atoms with Crippen molar-refractivity contribution in [3.8, 4) is 5.75 Å². The van der Waals surface area contributed by atoms with Crippen LogP contribution in [0, 0.1) is 0 Å². The molecular weight excluding hydrogens is 306 g/mol. The Kier molecular flexibility index (Phi) is 5.08. The van der Waals surface area contributed by atoms with Crippen LogP contribution in [0.15, 0.2) is 53.3 Å². The molecule has 124 valence electrons. The van der Waals surface area contributed by atoms with Gasteiger partial charge in [-0.2, -0.15) is 0 Å². The summed E-state index contributed by atoms with van der Waals surface area (Å²) in [4.78, 5) is 19.1. The van der Waals surface area contributed by atoms with Crippen molar-refractivity contribution in [1.29, 1.82) is 0 Å². The Balaban J connectivity index is 1.51. The number of benzene rings is 2. The highest BCUT2D eigenvalue weighted by Gasteiger charge is 2.02. The van der Waals surface area contributed by atoms with E-state index in [1.54, 1.807) is 13.2 Å². The fourth-order valence-electron chi connectivity index (χ4n) is 2.36. The quantitative estimate of drug-likeness (QED) is 0.653. The number of hydrogen-bond acceptors (Lipinski definition) is 5. The van der Waals surface area contributed by atoms with Crippen LogP contribution < -0.4 is 15.6 Å². The number of fused-ring (bicyclic) bond motifs is 1. The van der Waals surface area contributed by atoms with Crippen LogP contribution in [0.1, 0.15) is 5.56 Å². The molecule has 0 saturated heterocycles. The van der Waals surface area contributed by atoms with Crippen molar-refractivity contribution in [2.24, 2.45) is 0 Å². The van der Waals surface area contributed by atoms with E-state index < -0.39 is 0 Å². The van der Waals surface area contributed by atoms with E-state index in [-0.39, 0.29) is 5.56 Å². The number of aromatic nitrogens is 2. The number of H-pyrrole nitrogens is 1. The molecule has 6 nitrogen and oxygen atoms in total. The first kappa shape index (κ1) is 16.0. The van der Waals surface area contributed by atoms with E-state index in [0.717, 1.165) is 11.3 Å². The van der Waals surface area contributed by atoms with Gasteiger partial charge in [0, 0.05) is 6.54 Å². The van der Waals surface area contributed by atoms with Crippen LogP contribution in [0.5, 0.6) is 5.75 Å². The predicted octanol–water partition coefficient (Wildman–Crippen LogP) is 2.56. The summed E-state index contributed by atoms with van der Waals surface area (Å²) in [6, 6.07) is 15.0. The lowest BCUT2D eigenvalue weighted by Gasteiger charge is -2.08. The summed E-state index contributed by atoms with van der Waals surface area (Å²) in [5, 5.41) is 3.65. The van der Waals surface area contributed by atoms with Crippen molar-refractivity contribution in [3.63, 3.8) is 0 Å². The van der Waals surface area contributed by atoms with E-state index in [1.807, 2.05) is 42.5 Å². The number of para-hydroxylation sites is 1. The number of nitrogens with zero attached hydrogens (tertiary/aromatic N) is 1. The Morgan fingerprint density at radius 3 is 2.92 bits per heavy atom. The zero-order valence-corrected chi connectivity index (χ0v) is 13.4. The molecule has 1 aromatic heterocycles. The molecule has 0 unspecified atom stereocenters. The van der Waals surface area contributed by atoms with Crippen LogP contribution >= 0.6 is 0 Å². The van der Waals surface area contributed by atoms with E-state index in [1.165, 1.54) is 0 Å². The van der Waals surface area contributed by atoms with Gasteiger partial charge in [-0.1, -0.05) is 24.3 Å². The third kappa shape index (κ3) is 3.91. The van der Waals surface area contributed by atoms with Crippen molar-refractivity contribution in [2.75, 3.05) is 25.6 Å². The van der Waals surface area contributed by atoms with Crippen LogP contribution in [0.3, 0.4) is 0 Å². The second-order valence-corrected chi connectivity index (χ2v) is 5.26. The lowest BCUT2D eigenvalue weighted by molar-refractivity contribution is 0.130. The minimum atomic E-state index is -0.152. The molecule has 3 aromatic rings. The highest BCUT2D eigenvalue weighted by molar-refractivity contribution is 5.78. The van der Waals surface area contributed by atoms with Gasteiger partial charge >= 0.3 is 0 Å². The Morgan fingerprint density at radius 2 is 2.04 bits per heavy atom. The molecule has 2 N–H and O–H groups in total. The largest absolute Gasteiger partial charge is 0.497 e. The number of nitrogens with one attached hydrogen (secondary N) is 2.